The number of fused-ring (bicyclic) bond motifs is 11. The van der Waals surface area contributed by atoms with E-state index in [0.29, 0.717) is 17.5 Å². The van der Waals surface area contributed by atoms with Crippen molar-refractivity contribution < 1.29 is 4.42 Å². The van der Waals surface area contributed by atoms with E-state index in [4.69, 9.17) is 19.4 Å². The minimum absolute atomic E-state index is 0.563. The number of furan rings is 1. The van der Waals surface area contributed by atoms with Crippen molar-refractivity contribution in [1.82, 2.24) is 19.5 Å². The van der Waals surface area contributed by atoms with Crippen LogP contribution in [0.5, 0.6) is 0 Å². The van der Waals surface area contributed by atoms with Crippen molar-refractivity contribution >= 4 is 96.8 Å². The lowest BCUT2D eigenvalue weighted by Gasteiger charge is -2.14. The van der Waals surface area contributed by atoms with E-state index in [1.165, 1.54) is 47.8 Å². The first-order valence-corrected chi connectivity index (χ1v) is 22.6. The van der Waals surface area contributed by atoms with E-state index in [1.807, 2.05) is 12.1 Å². The highest BCUT2D eigenvalue weighted by atomic mass is 32.1. The van der Waals surface area contributed by atoms with Crippen molar-refractivity contribution in [1.29, 1.82) is 0 Å². The molecule has 4 heterocycles. The van der Waals surface area contributed by atoms with Crippen LogP contribution in [0.25, 0.3) is 136 Å². The molecule has 0 saturated carbocycles. The van der Waals surface area contributed by atoms with Gasteiger partial charge in [0.2, 0.25) is 0 Å². The zero-order chi connectivity index (χ0) is 42.6. The maximum atomic E-state index is 6.82. The third-order valence-corrected chi connectivity index (χ3v) is 14.2. The maximum Gasteiger partial charge on any atom is 0.165 e. The van der Waals surface area contributed by atoms with Crippen LogP contribution in [0.1, 0.15) is 0 Å². The van der Waals surface area contributed by atoms with Gasteiger partial charge >= 0.3 is 0 Å². The monoisotopic (exact) mass is 846 g/mol. The van der Waals surface area contributed by atoms with Gasteiger partial charge in [0, 0.05) is 53.0 Å². The number of nitrogens with zero attached hydrogens (tertiary/aromatic N) is 4. The Balaban J connectivity index is 1.08. The molecule has 0 bridgehead atoms. The van der Waals surface area contributed by atoms with Crippen molar-refractivity contribution in [2.45, 2.75) is 0 Å². The number of aromatic nitrogens is 4. The molecule has 14 rings (SSSR count). The summed E-state index contributed by atoms with van der Waals surface area (Å²) in [6.45, 7) is 0. The van der Waals surface area contributed by atoms with Crippen LogP contribution >= 0.6 is 11.3 Å². The molecule has 0 aliphatic heterocycles. The molecule has 10 aromatic carbocycles. The first-order valence-electron chi connectivity index (χ1n) is 21.8. The van der Waals surface area contributed by atoms with Crippen molar-refractivity contribution in [3.05, 3.63) is 206 Å². The zero-order valence-corrected chi connectivity index (χ0v) is 35.6. The van der Waals surface area contributed by atoms with Crippen LogP contribution in [-0.4, -0.2) is 19.5 Å². The minimum atomic E-state index is 0.563. The van der Waals surface area contributed by atoms with Gasteiger partial charge in [-0.2, -0.15) is 0 Å². The highest BCUT2D eigenvalue weighted by Gasteiger charge is 2.23. The van der Waals surface area contributed by atoms with Crippen LogP contribution < -0.4 is 0 Å². The Morgan fingerprint density at radius 3 is 1.69 bits per heavy atom. The Hall–Kier alpha value is -8.45. The van der Waals surface area contributed by atoms with E-state index >= 15 is 0 Å². The van der Waals surface area contributed by atoms with Crippen LogP contribution in [-0.2, 0) is 0 Å². The summed E-state index contributed by atoms with van der Waals surface area (Å²) >= 11 is 1.78. The quantitative estimate of drug-likeness (QED) is 0.173. The van der Waals surface area contributed by atoms with Crippen molar-refractivity contribution in [3.63, 3.8) is 0 Å². The van der Waals surface area contributed by atoms with Crippen LogP contribution in [0, 0.1) is 0 Å². The van der Waals surface area contributed by atoms with Gasteiger partial charge in [0.15, 0.2) is 17.5 Å². The van der Waals surface area contributed by atoms with E-state index in [-0.39, 0.29) is 0 Å². The summed E-state index contributed by atoms with van der Waals surface area (Å²) in [7, 11) is 0. The molecule has 65 heavy (non-hydrogen) atoms. The Kier molecular flexibility index (Phi) is 7.79. The van der Waals surface area contributed by atoms with Gasteiger partial charge in [-0.3, -0.25) is 0 Å². The summed E-state index contributed by atoms with van der Waals surface area (Å²) in [5.74, 6) is 1.78. The second-order valence-electron chi connectivity index (χ2n) is 16.8. The molecule has 6 heteroatoms. The third kappa shape index (κ3) is 5.67. The highest BCUT2D eigenvalue weighted by molar-refractivity contribution is 7.26. The summed E-state index contributed by atoms with van der Waals surface area (Å²) in [4.78, 5) is 16.1. The summed E-state index contributed by atoms with van der Waals surface area (Å²) in [5.41, 5.74) is 9.74. The van der Waals surface area contributed by atoms with Gasteiger partial charge in [-0.05, 0) is 93.3 Å². The van der Waals surface area contributed by atoms with E-state index in [2.05, 4.69) is 199 Å². The van der Waals surface area contributed by atoms with E-state index in [1.54, 1.807) is 11.3 Å². The molecule has 0 radical (unpaired) electrons. The molecule has 302 valence electrons. The van der Waals surface area contributed by atoms with E-state index in [9.17, 15) is 0 Å². The largest absolute Gasteiger partial charge is 0.456 e. The molecule has 5 nitrogen and oxygen atoms in total. The second-order valence-corrected chi connectivity index (χ2v) is 17.8. The standard InChI is InChI=1S/C59H34N4OS/c1-2-14-35(15-3-1)36-20-12-21-41(28-36)57-60-58(62-59(61-57)46-25-13-24-44-43-22-9-11-27-54(43)65-56(44)46)42-33-51(55-45-23-8-10-26-52(45)64-53(55)34-42)63-49-31-39-18-6-4-16-37(39)29-47(49)48-30-38-17-5-7-19-40(38)32-50(48)63/h1-34H. The molecule has 0 aliphatic rings. The number of rotatable bonds is 5. The number of benzene rings is 10. The number of hydrogen-bond acceptors (Lipinski definition) is 5. The fourth-order valence-electron chi connectivity index (χ4n) is 9.93. The lowest BCUT2D eigenvalue weighted by molar-refractivity contribution is 0.669. The third-order valence-electron chi connectivity index (χ3n) is 13.0. The SMILES string of the molecule is c1ccc(-c2cccc(-c3nc(-c4cc(-n5c6cc7ccccc7cc6c6cc7ccccc7cc65)c5c(c4)oc4ccccc45)nc(-c4cccc5c4sc4ccccc45)n3)c2)cc1. The van der Waals surface area contributed by atoms with Gasteiger partial charge in [0.05, 0.1) is 22.1 Å². The Labute approximate surface area is 376 Å². The second kappa shape index (κ2) is 14.0. The Bertz CT molecular complexity index is 4160. The van der Waals surface area contributed by atoms with Gasteiger partial charge in [0.25, 0.3) is 0 Å². The molecule has 0 N–H and O–H groups in total. The maximum absolute atomic E-state index is 6.82. The first-order chi connectivity index (χ1) is 32.2. The van der Waals surface area contributed by atoms with Crippen LogP contribution in [0.15, 0.2) is 211 Å². The highest BCUT2D eigenvalue weighted by Crippen LogP contribution is 2.44. The van der Waals surface area contributed by atoms with Crippen molar-refractivity contribution in [2.75, 3.05) is 0 Å². The van der Waals surface area contributed by atoms with Gasteiger partial charge < -0.3 is 8.98 Å². The summed E-state index contributed by atoms with van der Waals surface area (Å²) in [6.07, 6.45) is 0. The molecule has 0 amide bonds. The average molecular weight is 847 g/mol. The lowest BCUT2D eigenvalue weighted by atomic mass is 10.0. The minimum Gasteiger partial charge on any atom is -0.456 e. The van der Waals surface area contributed by atoms with E-state index < -0.39 is 0 Å². The molecular formula is C59H34N4OS. The smallest absolute Gasteiger partial charge is 0.165 e. The first kappa shape index (κ1) is 36.1. The molecule has 0 spiro atoms. The molecule has 0 fully saturated rings. The lowest BCUT2D eigenvalue weighted by Crippen LogP contribution is -2.02. The molecule has 0 saturated heterocycles. The summed E-state index contributed by atoms with van der Waals surface area (Å²) in [5, 5.41) is 11.6. The normalized spacial score (nSPS) is 12.0. The fraction of sp³-hybridized carbons (Fsp3) is 0. The molecule has 4 aromatic heterocycles. The predicted molar refractivity (Wildman–Crippen MR) is 271 cm³/mol. The average Bonchev–Trinajstić information content (AvgIpc) is 4.04. The molecule has 0 aliphatic carbocycles. The van der Waals surface area contributed by atoms with Gasteiger partial charge in [0.1, 0.15) is 11.2 Å². The number of para-hydroxylation sites is 1. The zero-order valence-electron chi connectivity index (χ0n) is 34.7. The van der Waals surface area contributed by atoms with Crippen LogP contribution in [0.4, 0.5) is 0 Å². The number of hydrogen-bond donors (Lipinski definition) is 0. The van der Waals surface area contributed by atoms with Gasteiger partial charge in [-0.1, -0.05) is 146 Å². The fourth-order valence-corrected chi connectivity index (χ4v) is 11.1. The van der Waals surface area contributed by atoms with Gasteiger partial charge in [-0.25, -0.2) is 15.0 Å². The topological polar surface area (TPSA) is 56.7 Å². The number of thiophene rings is 1. The van der Waals surface area contributed by atoms with Crippen LogP contribution in [0.3, 0.4) is 0 Å². The Morgan fingerprint density at radius 2 is 0.938 bits per heavy atom. The molecule has 0 atom stereocenters. The molecule has 14 aromatic rings. The molecular weight excluding hydrogens is 813 g/mol. The van der Waals surface area contributed by atoms with Crippen molar-refractivity contribution in [3.8, 4) is 51.0 Å². The summed E-state index contributed by atoms with van der Waals surface area (Å²) < 4.78 is 11.6. The van der Waals surface area contributed by atoms with E-state index in [0.717, 1.165) is 71.2 Å². The van der Waals surface area contributed by atoms with Crippen molar-refractivity contribution in [2.24, 2.45) is 0 Å². The van der Waals surface area contributed by atoms with Gasteiger partial charge in [-0.15, -0.1) is 11.3 Å². The molecule has 0 unspecified atom stereocenters. The summed E-state index contributed by atoms with van der Waals surface area (Å²) in [6, 6.07) is 73.3. The van der Waals surface area contributed by atoms with Crippen LogP contribution in [0.2, 0.25) is 0 Å². The Morgan fingerprint density at radius 1 is 0.369 bits per heavy atom. The predicted octanol–water partition coefficient (Wildman–Crippen LogP) is 16.2.